The van der Waals surface area contributed by atoms with Gasteiger partial charge in [-0.3, -0.25) is 0 Å². The van der Waals surface area contributed by atoms with E-state index in [1.165, 1.54) is 36.0 Å². The van der Waals surface area contributed by atoms with E-state index >= 15 is 0 Å². The molecule has 22 heavy (non-hydrogen) atoms. The van der Waals surface area contributed by atoms with Crippen LogP contribution in [0.1, 0.15) is 50.3 Å². The van der Waals surface area contributed by atoms with Gasteiger partial charge in [-0.05, 0) is 54.2 Å². The highest BCUT2D eigenvalue weighted by molar-refractivity contribution is 5.81. The minimum Gasteiger partial charge on any atom is -0.370 e. The van der Waals surface area contributed by atoms with Gasteiger partial charge in [0, 0.05) is 7.05 Å². The topological polar surface area (TPSA) is 41.6 Å². The maximum absolute atomic E-state index is 6.12. The zero-order valence-electron chi connectivity index (χ0n) is 14.4. The first-order valence-electron chi connectivity index (χ1n) is 8.61. The molecule has 2 aliphatic rings. The number of guanidine groups is 1. The first-order valence-corrected chi connectivity index (χ1v) is 8.61. The molecule has 0 fully saturated rings. The predicted octanol–water partition coefficient (Wildman–Crippen LogP) is 3.31. The van der Waals surface area contributed by atoms with E-state index in [4.69, 9.17) is 10.7 Å². The van der Waals surface area contributed by atoms with Gasteiger partial charge in [0.25, 0.3) is 0 Å². The third kappa shape index (κ3) is 2.51. The molecule has 1 aromatic rings. The lowest BCUT2D eigenvalue weighted by atomic mass is 9.70. The summed E-state index contributed by atoms with van der Waals surface area (Å²) in [5.41, 5.74) is 10.3. The van der Waals surface area contributed by atoms with Gasteiger partial charge in [-0.25, -0.2) is 4.99 Å². The summed E-state index contributed by atoms with van der Waals surface area (Å²) in [6, 6.07) is 7.07. The Hall–Kier alpha value is -1.51. The molecule has 1 aliphatic heterocycles. The molecule has 1 aromatic carbocycles. The van der Waals surface area contributed by atoms with Crippen molar-refractivity contribution in [2.24, 2.45) is 22.6 Å². The molecule has 2 unspecified atom stereocenters. The molecule has 3 rings (SSSR count). The van der Waals surface area contributed by atoms with E-state index < -0.39 is 0 Å². The van der Waals surface area contributed by atoms with Crippen LogP contribution in [-0.4, -0.2) is 24.5 Å². The molecule has 1 aliphatic carbocycles. The second-order valence-electron chi connectivity index (χ2n) is 7.61. The van der Waals surface area contributed by atoms with E-state index in [2.05, 4.69) is 50.9 Å². The second-order valence-corrected chi connectivity index (χ2v) is 7.61. The second kappa shape index (κ2) is 5.60. The Balaban J connectivity index is 2.00. The minimum atomic E-state index is -0.125. The van der Waals surface area contributed by atoms with Crippen molar-refractivity contribution in [1.82, 2.24) is 4.90 Å². The Bertz CT molecular complexity index is 590. The number of hydrogen-bond donors (Lipinski definition) is 1. The Morgan fingerprint density at radius 1 is 1.41 bits per heavy atom. The van der Waals surface area contributed by atoms with Crippen LogP contribution in [0.3, 0.4) is 0 Å². The van der Waals surface area contributed by atoms with Gasteiger partial charge in [0.1, 0.15) is 5.54 Å². The van der Waals surface area contributed by atoms with Crippen LogP contribution < -0.4 is 5.73 Å². The quantitative estimate of drug-likeness (QED) is 0.930. The summed E-state index contributed by atoms with van der Waals surface area (Å²) >= 11 is 0. The van der Waals surface area contributed by atoms with Gasteiger partial charge in [-0.1, -0.05) is 39.0 Å². The lowest BCUT2D eigenvalue weighted by Gasteiger charge is -2.39. The van der Waals surface area contributed by atoms with Crippen LogP contribution in [0.4, 0.5) is 0 Å². The summed E-state index contributed by atoms with van der Waals surface area (Å²) in [6.07, 6.45) is 4.77. The van der Waals surface area contributed by atoms with Gasteiger partial charge < -0.3 is 10.6 Å². The van der Waals surface area contributed by atoms with Crippen molar-refractivity contribution in [1.29, 1.82) is 0 Å². The Labute approximate surface area is 134 Å². The standard InChI is InChI=1S/C19H29N3/c1-13(2)5-7-15-8-10-16-9-6-14(3)19(17(16)11-15)12-22(4)18(20)21-19/h8,10-11,13-14H,5-7,9,12H2,1-4H3,(H2,20,21). The lowest BCUT2D eigenvalue weighted by Crippen LogP contribution is -2.41. The molecule has 0 saturated carbocycles. The van der Waals surface area contributed by atoms with Gasteiger partial charge in [-0.15, -0.1) is 0 Å². The van der Waals surface area contributed by atoms with E-state index in [9.17, 15) is 0 Å². The van der Waals surface area contributed by atoms with Gasteiger partial charge in [0.05, 0.1) is 6.54 Å². The zero-order chi connectivity index (χ0) is 15.9. The smallest absolute Gasteiger partial charge is 0.192 e. The van der Waals surface area contributed by atoms with Crippen LogP contribution in [0, 0.1) is 11.8 Å². The van der Waals surface area contributed by atoms with E-state index in [1.807, 2.05) is 0 Å². The van der Waals surface area contributed by atoms with Crippen molar-refractivity contribution in [3.63, 3.8) is 0 Å². The van der Waals surface area contributed by atoms with Gasteiger partial charge in [0.15, 0.2) is 5.96 Å². The lowest BCUT2D eigenvalue weighted by molar-refractivity contribution is 0.244. The third-order valence-electron chi connectivity index (χ3n) is 5.50. The van der Waals surface area contributed by atoms with E-state index in [-0.39, 0.29) is 5.54 Å². The van der Waals surface area contributed by atoms with Crippen LogP contribution in [0.25, 0.3) is 0 Å². The van der Waals surface area contributed by atoms with E-state index in [0.717, 1.165) is 18.9 Å². The number of rotatable bonds is 3. The molecular weight excluding hydrogens is 270 g/mol. The van der Waals surface area contributed by atoms with Crippen molar-refractivity contribution in [2.75, 3.05) is 13.6 Å². The molecule has 0 saturated heterocycles. The first-order chi connectivity index (χ1) is 10.4. The molecule has 1 spiro atoms. The van der Waals surface area contributed by atoms with Crippen LogP contribution in [0.15, 0.2) is 23.2 Å². The van der Waals surface area contributed by atoms with Crippen molar-refractivity contribution in [3.8, 4) is 0 Å². The Kier molecular flexibility index (Phi) is 3.92. The Morgan fingerprint density at radius 3 is 2.82 bits per heavy atom. The molecule has 2 N–H and O–H groups in total. The van der Waals surface area contributed by atoms with Crippen molar-refractivity contribution in [3.05, 3.63) is 34.9 Å². The molecule has 2 atom stereocenters. The maximum atomic E-state index is 6.12. The summed E-state index contributed by atoms with van der Waals surface area (Å²) in [5.74, 6) is 1.98. The number of nitrogens with two attached hydrogens (primary N) is 1. The largest absolute Gasteiger partial charge is 0.370 e. The predicted molar refractivity (Wildman–Crippen MR) is 93.0 cm³/mol. The van der Waals surface area contributed by atoms with E-state index in [0.29, 0.717) is 11.9 Å². The van der Waals surface area contributed by atoms with E-state index in [1.54, 1.807) is 0 Å². The average Bonchev–Trinajstić information content (AvgIpc) is 2.78. The third-order valence-corrected chi connectivity index (χ3v) is 5.50. The SMILES string of the molecule is CC(C)CCc1ccc2c(c1)C1(CN(C)C(N)=N1)C(C)CC2. The number of fused-ring (bicyclic) bond motifs is 2. The number of hydrogen-bond acceptors (Lipinski definition) is 3. The molecule has 1 heterocycles. The summed E-state index contributed by atoms with van der Waals surface area (Å²) in [6.45, 7) is 7.83. The fraction of sp³-hybridized carbons (Fsp3) is 0.632. The highest BCUT2D eigenvalue weighted by atomic mass is 15.3. The molecular formula is C19H29N3. The molecule has 3 nitrogen and oxygen atoms in total. The maximum Gasteiger partial charge on any atom is 0.192 e. The Morgan fingerprint density at radius 2 is 2.18 bits per heavy atom. The number of aryl methyl sites for hydroxylation is 2. The van der Waals surface area contributed by atoms with Crippen molar-refractivity contribution in [2.45, 2.75) is 52.0 Å². The summed E-state index contributed by atoms with van der Waals surface area (Å²) in [7, 11) is 2.05. The number of aliphatic imine (C=N–C) groups is 1. The molecule has 120 valence electrons. The van der Waals surface area contributed by atoms with Crippen LogP contribution in [0.2, 0.25) is 0 Å². The zero-order valence-corrected chi connectivity index (χ0v) is 14.4. The monoisotopic (exact) mass is 299 g/mol. The van der Waals surface area contributed by atoms with Crippen LogP contribution >= 0.6 is 0 Å². The fourth-order valence-electron chi connectivity index (χ4n) is 3.91. The summed E-state index contributed by atoms with van der Waals surface area (Å²) < 4.78 is 0. The average molecular weight is 299 g/mol. The van der Waals surface area contributed by atoms with Crippen LogP contribution in [0.5, 0.6) is 0 Å². The molecule has 0 radical (unpaired) electrons. The first kappa shape index (κ1) is 15.4. The minimum absolute atomic E-state index is 0.125. The summed E-state index contributed by atoms with van der Waals surface area (Å²) in [5, 5.41) is 0. The van der Waals surface area contributed by atoms with Crippen molar-refractivity contribution >= 4 is 5.96 Å². The highest BCUT2D eigenvalue weighted by Gasteiger charge is 2.46. The molecule has 0 aromatic heterocycles. The fourth-order valence-corrected chi connectivity index (χ4v) is 3.91. The molecule has 0 bridgehead atoms. The highest BCUT2D eigenvalue weighted by Crippen LogP contribution is 2.45. The van der Waals surface area contributed by atoms with Gasteiger partial charge in [0.2, 0.25) is 0 Å². The number of nitrogens with zero attached hydrogens (tertiary/aromatic N) is 2. The number of benzene rings is 1. The van der Waals surface area contributed by atoms with Crippen LogP contribution in [-0.2, 0) is 18.4 Å². The summed E-state index contributed by atoms with van der Waals surface area (Å²) in [4.78, 5) is 7.04. The molecule has 0 amide bonds. The van der Waals surface area contributed by atoms with Gasteiger partial charge in [-0.2, -0.15) is 0 Å². The molecule has 3 heteroatoms. The normalized spacial score (nSPS) is 27.4. The van der Waals surface area contributed by atoms with Gasteiger partial charge >= 0.3 is 0 Å². The number of likely N-dealkylation sites (N-methyl/N-ethyl adjacent to an activating group) is 1. The van der Waals surface area contributed by atoms with Crippen molar-refractivity contribution < 1.29 is 0 Å².